The molecule has 0 aliphatic heterocycles. The SMILES string of the molecule is O=C(/C=C/c1cccc(S(=O)(=O)NCCc2ccccn2)c1)NO. The van der Waals surface area contributed by atoms with Crippen LogP contribution < -0.4 is 10.2 Å². The Morgan fingerprint density at radius 2 is 2.04 bits per heavy atom. The van der Waals surface area contributed by atoms with Gasteiger partial charge in [-0.2, -0.15) is 0 Å². The summed E-state index contributed by atoms with van der Waals surface area (Å²) in [4.78, 5) is 15.2. The van der Waals surface area contributed by atoms with E-state index < -0.39 is 15.9 Å². The van der Waals surface area contributed by atoms with E-state index in [0.29, 0.717) is 12.0 Å². The van der Waals surface area contributed by atoms with Gasteiger partial charge in [0.1, 0.15) is 0 Å². The van der Waals surface area contributed by atoms with Gasteiger partial charge in [0.15, 0.2) is 0 Å². The molecule has 0 saturated heterocycles. The van der Waals surface area contributed by atoms with Crippen LogP contribution in [-0.2, 0) is 21.2 Å². The highest BCUT2D eigenvalue weighted by atomic mass is 32.2. The van der Waals surface area contributed by atoms with Crippen LogP contribution in [0, 0.1) is 0 Å². The van der Waals surface area contributed by atoms with Gasteiger partial charge in [0, 0.05) is 30.9 Å². The van der Waals surface area contributed by atoms with E-state index in [1.807, 2.05) is 12.1 Å². The van der Waals surface area contributed by atoms with E-state index in [-0.39, 0.29) is 11.4 Å². The van der Waals surface area contributed by atoms with E-state index in [9.17, 15) is 13.2 Å². The Morgan fingerprint density at radius 3 is 2.75 bits per heavy atom. The number of hydrogen-bond acceptors (Lipinski definition) is 5. The Balaban J connectivity index is 2.03. The average molecular weight is 347 g/mol. The molecule has 126 valence electrons. The molecule has 0 bridgehead atoms. The fraction of sp³-hybridized carbons (Fsp3) is 0.125. The molecule has 1 amide bonds. The van der Waals surface area contributed by atoms with Crippen LogP contribution in [0.25, 0.3) is 6.08 Å². The summed E-state index contributed by atoms with van der Waals surface area (Å²) < 4.78 is 27.1. The van der Waals surface area contributed by atoms with Crippen LogP contribution in [0.4, 0.5) is 0 Å². The molecule has 3 N–H and O–H groups in total. The van der Waals surface area contributed by atoms with E-state index in [1.54, 1.807) is 24.4 Å². The lowest BCUT2D eigenvalue weighted by molar-refractivity contribution is -0.124. The van der Waals surface area contributed by atoms with Crippen LogP contribution in [0.2, 0.25) is 0 Å². The number of sulfonamides is 1. The van der Waals surface area contributed by atoms with Gasteiger partial charge < -0.3 is 0 Å². The van der Waals surface area contributed by atoms with Crippen LogP contribution in [0.5, 0.6) is 0 Å². The van der Waals surface area contributed by atoms with Gasteiger partial charge in [-0.15, -0.1) is 0 Å². The number of carbonyl (C=O) groups is 1. The van der Waals surface area contributed by atoms with Crippen molar-refractivity contribution >= 4 is 22.0 Å². The van der Waals surface area contributed by atoms with Crippen molar-refractivity contribution in [2.75, 3.05) is 6.54 Å². The molecule has 0 aliphatic carbocycles. The normalized spacial score (nSPS) is 11.5. The molecule has 7 nitrogen and oxygen atoms in total. The van der Waals surface area contributed by atoms with Gasteiger partial charge in [-0.1, -0.05) is 18.2 Å². The van der Waals surface area contributed by atoms with Crippen LogP contribution in [0.15, 0.2) is 59.6 Å². The van der Waals surface area contributed by atoms with Gasteiger partial charge in [0.05, 0.1) is 4.90 Å². The van der Waals surface area contributed by atoms with Crippen LogP contribution in [0.1, 0.15) is 11.3 Å². The Morgan fingerprint density at radius 1 is 1.21 bits per heavy atom. The maximum absolute atomic E-state index is 12.3. The number of carbonyl (C=O) groups excluding carboxylic acids is 1. The molecular formula is C16H17N3O4S. The number of hydroxylamine groups is 1. The van der Waals surface area contributed by atoms with Crippen LogP contribution >= 0.6 is 0 Å². The highest BCUT2D eigenvalue weighted by Gasteiger charge is 2.13. The van der Waals surface area contributed by atoms with Crippen molar-refractivity contribution in [1.29, 1.82) is 0 Å². The molecule has 1 heterocycles. The van der Waals surface area contributed by atoms with Crippen molar-refractivity contribution in [3.63, 3.8) is 0 Å². The summed E-state index contributed by atoms with van der Waals surface area (Å²) >= 11 is 0. The van der Waals surface area contributed by atoms with Gasteiger partial charge in [-0.3, -0.25) is 15.0 Å². The number of rotatable bonds is 7. The average Bonchev–Trinajstić information content (AvgIpc) is 2.60. The smallest absolute Gasteiger partial charge is 0.267 e. The molecule has 24 heavy (non-hydrogen) atoms. The van der Waals surface area contributed by atoms with Gasteiger partial charge in [-0.25, -0.2) is 18.6 Å². The van der Waals surface area contributed by atoms with Gasteiger partial charge >= 0.3 is 0 Å². The van der Waals surface area contributed by atoms with Gasteiger partial charge in [0.25, 0.3) is 5.91 Å². The molecule has 1 aromatic carbocycles. The topological polar surface area (TPSA) is 108 Å². The summed E-state index contributed by atoms with van der Waals surface area (Å²) in [6.45, 7) is 0.229. The summed E-state index contributed by atoms with van der Waals surface area (Å²) in [5.74, 6) is -0.697. The van der Waals surface area contributed by atoms with Crippen LogP contribution in [0.3, 0.4) is 0 Å². The largest absolute Gasteiger partial charge is 0.288 e. The van der Waals surface area contributed by atoms with E-state index in [1.165, 1.54) is 23.7 Å². The molecule has 0 saturated carbocycles. The number of aromatic nitrogens is 1. The molecule has 0 unspecified atom stereocenters. The molecule has 1 aromatic heterocycles. The first-order chi connectivity index (χ1) is 11.5. The molecule has 0 radical (unpaired) electrons. The Kier molecular flexibility index (Phi) is 6.19. The van der Waals surface area contributed by atoms with Crippen molar-refractivity contribution in [3.05, 3.63) is 66.0 Å². The number of hydrogen-bond donors (Lipinski definition) is 3. The predicted molar refractivity (Wildman–Crippen MR) is 88.5 cm³/mol. The van der Waals surface area contributed by atoms with Crippen molar-refractivity contribution in [1.82, 2.24) is 15.2 Å². The second kappa shape index (κ2) is 8.34. The third kappa shape index (κ3) is 5.27. The van der Waals surface area contributed by atoms with Crippen molar-refractivity contribution in [2.45, 2.75) is 11.3 Å². The Hall–Kier alpha value is -2.55. The number of pyridine rings is 1. The summed E-state index contributed by atoms with van der Waals surface area (Å²) in [5.41, 5.74) is 2.78. The molecular weight excluding hydrogens is 330 g/mol. The lowest BCUT2D eigenvalue weighted by Crippen LogP contribution is -2.26. The quantitative estimate of drug-likeness (QED) is 0.395. The number of benzene rings is 1. The monoisotopic (exact) mass is 347 g/mol. The highest BCUT2D eigenvalue weighted by Crippen LogP contribution is 2.12. The number of nitrogens with zero attached hydrogens (tertiary/aromatic N) is 1. The highest BCUT2D eigenvalue weighted by molar-refractivity contribution is 7.89. The fourth-order valence-electron chi connectivity index (χ4n) is 1.94. The molecule has 0 aliphatic rings. The van der Waals surface area contributed by atoms with E-state index in [0.717, 1.165) is 11.8 Å². The molecule has 2 aromatic rings. The molecule has 0 atom stereocenters. The standard InChI is InChI=1S/C16H17N3O4S/c20-16(19-21)8-7-13-4-3-6-15(12-13)24(22,23)18-11-9-14-5-1-2-10-17-14/h1-8,10,12,18,21H,9,11H2,(H,19,20)/b8-7+. The zero-order chi connectivity index (χ0) is 17.4. The first kappa shape index (κ1) is 17.8. The van der Waals surface area contributed by atoms with E-state index in [4.69, 9.17) is 5.21 Å². The number of amides is 1. The van der Waals surface area contributed by atoms with Crippen molar-refractivity contribution in [2.24, 2.45) is 0 Å². The predicted octanol–water partition coefficient (Wildman–Crippen LogP) is 1.12. The van der Waals surface area contributed by atoms with Crippen LogP contribution in [-0.4, -0.2) is 31.1 Å². The van der Waals surface area contributed by atoms with Gasteiger partial charge in [0.2, 0.25) is 10.0 Å². The summed E-state index contributed by atoms with van der Waals surface area (Å²) in [6.07, 6.45) is 4.64. The molecule has 8 heteroatoms. The van der Waals surface area contributed by atoms with E-state index >= 15 is 0 Å². The summed E-state index contributed by atoms with van der Waals surface area (Å²) in [6, 6.07) is 11.6. The summed E-state index contributed by atoms with van der Waals surface area (Å²) in [7, 11) is -3.66. The first-order valence-corrected chi connectivity index (χ1v) is 8.61. The Bertz CT molecular complexity index is 820. The van der Waals surface area contributed by atoms with E-state index in [2.05, 4.69) is 9.71 Å². The minimum absolute atomic E-state index is 0.0927. The fourth-order valence-corrected chi connectivity index (χ4v) is 3.02. The van der Waals surface area contributed by atoms with Crippen molar-refractivity contribution in [3.8, 4) is 0 Å². The molecule has 0 spiro atoms. The van der Waals surface area contributed by atoms with Gasteiger partial charge in [-0.05, 0) is 35.9 Å². The second-order valence-corrected chi connectivity index (χ2v) is 6.62. The minimum atomic E-state index is -3.66. The zero-order valence-corrected chi connectivity index (χ0v) is 13.5. The lowest BCUT2D eigenvalue weighted by atomic mass is 10.2. The van der Waals surface area contributed by atoms with Crippen molar-refractivity contribution < 1.29 is 18.4 Å². The maximum Gasteiger partial charge on any atom is 0.267 e. The zero-order valence-electron chi connectivity index (χ0n) is 12.7. The first-order valence-electron chi connectivity index (χ1n) is 7.13. The third-order valence-corrected chi connectivity index (χ3v) is 4.56. The molecule has 0 fully saturated rings. The second-order valence-electron chi connectivity index (χ2n) is 4.85. The minimum Gasteiger partial charge on any atom is -0.288 e. The summed E-state index contributed by atoms with van der Waals surface area (Å²) in [5, 5.41) is 8.43. The maximum atomic E-state index is 12.3. The molecule has 2 rings (SSSR count). The number of nitrogens with one attached hydrogen (secondary N) is 2. The lowest BCUT2D eigenvalue weighted by Gasteiger charge is -2.07. The third-order valence-electron chi connectivity index (χ3n) is 3.11. The Labute approximate surface area is 140 Å².